The number of likely N-dealkylation sites (N-methyl/N-ethyl adjacent to an activating group) is 1. The van der Waals surface area contributed by atoms with Gasteiger partial charge in [0.15, 0.2) is 0 Å². The van der Waals surface area contributed by atoms with Gasteiger partial charge in [0.05, 0.1) is 23.6 Å². The molecule has 0 radical (unpaired) electrons. The Morgan fingerprint density at radius 1 is 1.21 bits per heavy atom. The van der Waals surface area contributed by atoms with Crippen LogP contribution in [0.3, 0.4) is 0 Å². The lowest BCUT2D eigenvalue weighted by Gasteiger charge is -2.16. The topological polar surface area (TPSA) is 37.8 Å². The summed E-state index contributed by atoms with van der Waals surface area (Å²) in [5.74, 6) is -1.11. The van der Waals surface area contributed by atoms with Crippen LogP contribution in [0.1, 0.15) is 23.0 Å². The van der Waals surface area contributed by atoms with E-state index in [9.17, 15) is 8.78 Å². The first-order valence-electron chi connectivity index (χ1n) is 6.00. The normalized spacial score (nSPS) is 12.4. The van der Waals surface area contributed by atoms with Gasteiger partial charge in [-0.05, 0) is 32.0 Å². The number of halogens is 2. The van der Waals surface area contributed by atoms with Gasteiger partial charge in [0.2, 0.25) is 0 Å². The van der Waals surface area contributed by atoms with E-state index in [0.717, 1.165) is 17.5 Å². The third-order valence-corrected chi connectivity index (χ3v) is 2.95. The molecule has 0 aliphatic rings. The van der Waals surface area contributed by atoms with Crippen LogP contribution in [0.4, 0.5) is 8.78 Å². The van der Waals surface area contributed by atoms with E-state index in [-0.39, 0.29) is 6.04 Å². The van der Waals surface area contributed by atoms with Crippen LogP contribution in [-0.2, 0) is 6.42 Å². The van der Waals surface area contributed by atoms with Gasteiger partial charge in [-0.25, -0.2) is 8.78 Å². The van der Waals surface area contributed by atoms with Crippen LogP contribution in [-0.4, -0.2) is 17.0 Å². The number of hydrogen-bond acceptors (Lipinski definition) is 3. The van der Waals surface area contributed by atoms with Gasteiger partial charge in [-0.2, -0.15) is 0 Å². The summed E-state index contributed by atoms with van der Waals surface area (Å²) < 4.78 is 26.5. The zero-order chi connectivity index (χ0) is 13.8. The smallest absolute Gasteiger partial charge is 0.129 e. The van der Waals surface area contributed by atoms with Crippen LogP contribution in [0.2, 0.25) is 0 Å². The average Bonchev–Trinajstić information content (AvgIpc) is 2.39. The maximum absolute atomic E-state index is 13.6. The van der Waals surface area contributed by atoms with Crippen molar-refractivity contribution >= 4 is 0 Å². The zero-order valence-corrected chi connectivity index (χ0v) is 10.8. The molecule has 3 nitrogen and oxygen atoms in total. The van der Waals surface area contributed by atoms with Crippen LogP contribution in [0, 0.1) is 18.6 Å². The third-order valence-electron chi connectivity index (χ3n) is 2.95. The molecule has 1 aromatic carbocycles. The second-order valence-corrected chi connectivity index (χ2v) is 4.36. The van der Waals surface area contributed by atoms with Crippen molar-refractivity contribution in [2.24, 2.45) is 0 Å². The number of rotatable bonds is 4. The summed E-state index contributed by atoms with van der Waals surface area (Å²) in [5, 5.41) is 3.07. The molecule has 2 rings (SSSR count). The Bertz CT molecular complexity index is 555. The summed E-state index contributed by atoms with van der Waals surface area (Å²) in [7, 11) is 1.77. The minimum Gasteiger partial charge on any atom is -0.311 e. The van der Waals surface area contributed by atoms with E-state index in [0.29, 0.717) is 12.0 Å². The monoisotopic (exact) mass is 263 g/mol. The number of benzene rings is 1. The molecule has 0 aliphatic carbocycles. The molecular weight excluding hydrogens is 248 g/mol. The average molecular weight is 263 g/mol. The molecule has 1 heterocycles. The van der Waals surface area contributed by atoms with Crippen LogP contribution in [0.25, 0.3) is 0 Å². The highest BCUT2D eigenvalue weighted by atomic mass is 19.1. The van der Waals surface area contributed by atoms with Crippen LogP contribution in [0.5, 0.6) is 0 Å². The van der Waals surface area contributed by atoms with Gasteiger partial charge < -0.3 is 5.32 Å². The first-order chi connectivity index (χ1) is 9.10. The van der Waals surface area contributed by atoms with E-state index in [1.54, 1.807) is 19.4 Å². The summed E-state index contributed by atoms with van der Waals surface area (Å²) in [4.78, 5) is 8.44. The molecule has 2 aromatic rings. The van der Waals surface area contributed by atoms with Crippen molar-refractivity contribution in [2.45, 2.75) is 19.4 Å². The summed E-state index contributed by atoms with van der Waals surface area (Å²) >= 11 is 0. The molecule has 5 heteroatoms. The lowest BCUT2D eigenvalue weighted by Crippen LogP contribution is -2.21. The Balaban J connectivity index is 2.21. The molecule has 1 unspecified atom stereocenters. The van der Waals surface area contributed by atoms with Crippen molar-refractivity contribution in [1.29, 1.82) is 0 Å². The van der Waals surface area contributed by atoms with Gasteiger partial charge >= 0.3 is 0 Å². The van der Waals surface area contributed by atoms with Crippen molar-refractivity contribution in [3.63, 3.8) is 0 Å². The van der Waals surface area contributed by atoms with E-state index >= 15 is 0 Å². The van der Waals surface area contributed by atoms with Crippen molar-refractivity contribution in [3.8, 4) is 0 Å². The Hall–Kier alpha value is -1.88. The molecule has 1 atom stereocenters. The quantitative estimate of drug-likeness (QED) is 0.921. The molecule has 1 aromatic heterocycles. The minimum absolute atomic E-state index is 0.159. The van der Waals surface area contributed by atoms with E-state index < -0.39 is 11.6 Å². The molecule has 100 valence electrons. The Kier molecular flexibility index (Phi) is 4.16. The van der Waals surface area contributed by atoms with E-state index in [4.69, 9.17) is 0 Å². The molecule has 0 amide bonds. The molecule has 0 saturated carbocycles. The molecule has 0 spiro atoms. The van der Waals surface area contributed by atoms with Crippen LogP contribution >= 0.6 is 0 Å². The lowest BCUT2D eigenvalue weighted by atomic mass is 10.0. The minimum atomic E-state index is -0.572. The third kappa shape index (κ3) is 3.32. The Morgan fingerprint density at radius 2 is 2.00 bits per heavy atom. The fourth-order valence-electron chi connectivity index (χ4n) is 1.84. The zero-order valence-electron chi connectivity index (χ0n) is 10.8. The molecule has 0 bridgehead atoms. The van der Waals surface area contributed by atoms with Gasteiger partial charge in [-0.15, -0.1) is 0 Å². The number of hydrogen-bond donors (Lipinski definition) is 1. The fraction of sp³-hybridized carbons (Fsp3) is 0.286. The van der Waals surface area contributed by atoms with Gasteiger partial charge in [0.1, 0.15) is 11.6 Å². The van der Waals surface area contributed by atoms with Crippen molar-refractivity contribution in [3.05, 3.63) is 59.2 Å². The number of nitrogens with one attached hydrogen (secondary N) is 1. The first kappa shape index (κ1) is 13.5. The number of nitrogens with zero attached hydrogens (tertiary/aromatic N) is 2. The van der Waals surface area contributed by atoms with Gasteiger partial charge in [0.25, 0.3) is 0 Å². The molecule has 1 N–H and O–H groups in total. The van der Waals surface area contributed by atoms with Crippen LogP contribution in [0.15, 0.2) is 30.6 Å². The summed E-state index contributed by atoms with van der Waals surface area (Å²) in [5.41, 5.74) is 2.01. The maximum Gasteiger partial charge on any atom is 0.129 e. The van der Waals surface area contributed by atoms with Gasteiger partial charge in [-0.3, -0.25) is 9.97 Å². The summed E-state index contributed by atoms with van der Waals surface area (Å²) in [6.45, 7) is 1.85. The predicted molar refractivity (Wildman–Crippen MR) is 68.6 cm³/mol. The fourth-order valence-corrected chi connectivity index (χ4v) is 1.84. The lowest BCUT2D eigenvalue weighted by molar-refractivity contribution is 0.532. The molecular formula is C14H15F2N3. The Labute approximate surface area is 110 Å². The molecule has 0 aliphatic heterocycles. The second-order valence-electron chi connectivity index (χ2n) is 4.36. The SMILES string of the molecule is CNC(Cc1ccc(F)cc1F)c1cnc(C)cn1. The standard InChI is InChI=1S/C14H15F2N3/c1-9-7-19-14(8-18-9)13(17-2)5-10-3-4-11(15)6-12(10)16/h3-4,6-8,13,17H,5H2,1-2H3. The van der Waals surface area contributed by atoms with Crippen LogP contribution < -0.4 is 5.32 Å². The largest absolute Gasteiger partial charge is 0.311 e. The van der Waals surface area contributed by atoms with Gasteiger partial charge in [-0.1, -0.05) is 6.07 Å². The van der Waals surface area contributed by atoms with E-state index in [1.165, 1.54) is 12.1 Å². The highest BCUT2D eigenvalue weighted by Gasteiger charge is 2.14. The highest BCUT2D eigenvalue weighted by molar-refractivity contribution is 5.21. The molecule has 19 heavy (non-hydrogen) atoms. The first-order valence-corrected chi connectivity index (χ1v) is 6.00. The van der Waals surface area contributed by atoms with Crippen molar-refractivity contribution in [2.75, 3.05) is 7.05 Å². The van der Waals surface area contributed by atoms with Gasteiger partial charge in [0, 0.05) is 12.3 Å². The Morgan fingerprint density at radius 3 is 2.58 bits per heavy atom. The highest BCUT2D eigenvalue weighted by Crippen LogP contribution is 2.18. The van der Waals surface area contributed by atoms with E-state index in [2.05, 4.69) is 15.3 Å². The number of aromatic nitrogens is 2. The molecule has 0 fully saturated rings. The predicted octanol–water partition coefficient (Wildman–Crippen LogP) is 2.57. The summed E-state index contributed by atoms with van der Waals surface area (Å²) in [6, 6.07) is 3.44. The summed E-state index contributed by atoms with van der Waals surface area (Å²) in [6.07, 6.45) is 3.72. The second kappa shape index (κ2) is 5.84. The number of aryl methyl sites for hydroxylation is 1. The maximum atomic E-state index is 13.6. The van der Waals surface area contributed by atoms with E-state index in [1.807, 2.05) is 6.92 Å². The molecule has 0 saturated heterocycles. The van der Waals surface area contributed by atoms with Crippen molar-refractivity contribution in [1.82, 2.24) is 15.3 Å². The van der Waals surface area contributed by atoms with Crippen molar-refractivity contribution < 1.29 is 8.78 Å².